The zero-order valence-corrected chi connectivity index (χ0v) is 9.86. The number of halogens is 1. The van der Waals surface area contributed by atoms with Crippen LogP contribution in [0.15, 0.2) is 36.4 Å². The van der Waals surface area contributed by atoms with Crippen LogP contribution in [-0.4, -0.2) is 11.5 Å². The first-order valence-electron chi connectivity index (χ1n) is 5.65. The molecule has 0 fully saturated rings. The monoisotopic (exact) mass is 246 g/mol. The molecule has 0 atom stereocenters. The van der Waals surface area contributed by atoms with Crippen molar-refractivity contribution in [1.29, 1.82) is 0 Å². The van der Waals surface area contributed by atoms with Crippen LogP contribution in [0, 0.1) is 5.82 Å². The molecule has 94 valence electrons. The zero-order chi connectivity index (χ0) is 13.0. The summed E-state index contributed by atoms with van der Waals surface area (Å²) >= 11 is 0. The van der Waals surface area contributed by atoms with E-state index >= 15 is 0 Å². The molecule has 0 saturated carbocycles. The Morgan fingerprint density at radius 3 is 2.44 bits per heavy atom. The summed E-state index contributed by atoms with van der Waals surface area (Å²) in [4.78, 5) is 4.10. The fourth-order valence-corrected chi connectivity index (χ4v) is 1.57. The molecule has 0 unspecified atom stereocenters. The topological polar surface area (TPSA) is 77.0 Å². The Bertz CT molecular complexity index is 525. The van der Waals surface area contributed by atoms with Gasteiger partial charge in [0.15, 0.2) is 0 Å². The third-order valence-corrected chi connectivity index (χ3v) is 2.59. The molecule has 2 aromatic rings. The lowest BCUT2D eigenvalue weighted by Gasteiger charge is -2.07. The maximum Gasteiger partial charge on any atom is 0.149 e. The van der Waals surface area contributed by atoms with Gasteiger partial charge in [-0.1, -0.05) is 12.1 Å². The van der Waals surface area contributed by atoms with Crippen LogP contribution in [0.3, 0.4) is 0 Å². The van der Waals surface area contributed by atoms with Crippen LogP contribution in [0.2, 0.25) is 0 Å². The summed E-state index contributed by atoms with van der Waals surface area (Å²) in [5, 5.41) is 3.14. The molecular weight excluding hydrogens is 231 g/mol. The minimum absolute atomic E-state index is 0.223. The second-order valence-corrected chi connectivity index (χ2v) is 3.97. The first-order valence-corrected chi connectivity index (χ1v) is 5.65. The molecule has 0 radical (unpaired) electrons. The van der Waals surface area contributed by atoms with E-state index in [4.69, 9.17) is 11.5 Å². The lowest BCUT2D eigenvalue weighted by molar-refractivity contribution is 0.627. The van der Waals surface area contributed by atoms with E-state index in [-0.39, 0.29) is 5.82 Å². The van der Waals surface area contributed by atoms with Crippen LogP contribution in [-0.2, 0) is 6.42 Å². The smallest absolute Gasteiger partial charge is 0.149 e. The van der Waals surface area contributed by atoms with E-state index in [2.05, 4.69) is 10.3 Å². The van der Waals surface area contributed by atoms with Crippen LogP contribution in [0.1, 0.15) is 5.56 Å². The predicted octanol–water partition coefficient (Wildman–Crippen LogP) is 2.04. The minimum atomic E-state index is -0.223. The lowest BCUT2D eigenvalue weighted by atomic mass is 10.1. The Labute approximate surface area is 105 Å². The van der Waals surface area contributed by atoms with Crippen molar-refractivity contribution in [2.24, 2.45) is 0 Å². The van der Waals surface area contributed by atoms with E-state index in [0.29, 0.717) is 23.9 Å². The Morgan fingerprint density at radius 2 is 1.78 bits per heavy atom. The van der Waals surface area contributed by atoms with Crippen molar-refractivity contribution in [2.75, 3.05) is 23.3 Å². The highest BCUT2D eigenvalue weighted by atomic mass is 19.1. The highest BCUT2D eigenvalue weighted by Crippen LogP contribution is 2.14. The summed E-state index contributed by atoms with van der Waals surface area (Å²) in [6, 6.07) is 9.92. The number of nitrogens with zero attached hydrogens (tertiary/aromatic N) is 1. The normalized spacial score (nSPS) is 10.3. The summed E-state index contributed by atoms with van der Waals surface area (Å²) in [5.41, 5.74) is 12.7. The predicted molar refractivity (Wildman–Crippen MR) is 71.7 cm³/mol. The number of nitrogens with one attached hydrogen (secondary N) is 1. The van der Waals surface area contributed by atoms with Crippen molar-refractivity contribution in [2.45, 2.75) is 6.42 Å². The quantitative estimate of drug-likeness (QED) is 0.771. The molecule has 0 aliphatic rings. The molecular formula is C13H15FN4. The fourth-order valence-electron chi connectivity index (χ4n) is 1.57. The van der Waals surface area contributed by atoms with Crippen LogP contribution < -0.4 is 16.8 Å². The molecule has 18 heavy (non-hydrogen) atoms. The molecule has 2 rings (SSSR count). The van der Waals surface area contributed by atoms with Crippen LogP contribution in [0.4, 0.5) is 21.7 Å². The largest absolute Gasteiger partial charge is 0.396 e. The number of anilines is 3. The van der Waals surface area contributed by atoms with E-state index in [1.165, 1.54) is 12.1 Å². The zero-order valence-electron chi connectivity index (χ0n) is 9.86. The average molecular weight is 246 g/mol. The van der Waals surface area contributed by atoms with E-state index < -0.39 is 0 Å². The summed E-state index contributed by atoms with van der Waals surface area (Å²) < 4.78 is 12.7. The number of rotatable bonds is 4. The fraction of sp³-hybridized carbons (Fsp3) is 0.154. The molecule has 0 aliphatic heterocycles. The van der Waals surface area contributed by atoms with Gasteiger partial charge in [-0.25, -0.2) is 9.37 Å². The highest BCUT2D eigenvalue weighted by molar-refractivity contribution is 5.61. The van der Waals surface area contributed by atoms with Gasteiger partial charge < -0.3 is 16.8 Å². The first-order chi connectivity index (χ1) is 8.65. The Hall–Kier alpha value is -2.30. The second kappa shape index (κ2) is 5.35. The Morgan fingerprint density at radius 1 is 1.06 bits per heavy atom. The van der Waals surface area contributed by atoms with Gasteiger partial charge >= 0.3 is 0 Å². The minimum Gasteiger partial charge on any atom is -0.396 e. The molecule has 0 bridgehead atoms. The maximum absolute atomic E-state index is 12.7. The number of hydrogen-bond donors (Lipinski definition) is 3. The first kappa shape index (κ1) is 12.2. The Kier molecular flexibility index (Phi) is 3.62. The number of aromatic nitrogens is 1. The summed E-state index contributed by atoms with van der Waals surface area (Å²) in [5.74, 6) is 0.783. The van der Waals surface area contributed by atoms with Crippen molar-refractivity contribution in [3.63, 3.8) is 0 Å². The van der Waals surface area contributed by atoms with Gasteiger partial charge in [0.05, 0.1) is 5.69 Å². The van der Waals surface area contributed by atoms with Gasteiger partial charge in [-0.05, 0) is 36.2 Å². The van der Waals surface area contributed by atoms with Crippen molar-refractivity contribution in [1.82, 2.24) is 4.98 Å². The van der Waals surface area contributed by atoms with E-state index in [1.54, 1.807) is 24.3 Å². The summed E-state index contributed by atoms with van der Waals surface area (Å²) in [6.07, 6.45) is 0.784. The lowest BCUT2D eigenvalue weighted by Crippen LogP contribution is -2.08. The van der Waals surface area contributed by atoms with E-state index in [1.807, 2.05) is 0 Å². The van der Waals surface area contributed by atoms with E-state index in [9.17, 15) is 4.39 Å². The number of benzene rings is 1. The van der Waals surface area contributed by atoms with Gasteiger partial charge in [0.25, 0.3) is 0 Å². The number of hydrogen-bond acceptors (Lipinski definition) is 4. The summed E-state index contributed by atoms with van der Waals surface area (Å²) in [6.45, 7) is 0.696. The highest BCUT2D eigenvalue weighted by Gasteiger charge is 1.99. The van der Waals surface area contributed by atoms with Crippen LogP contribution >= 0.6 is 0 Å². The molecule has 1 heterocycles. The van der Waals surface area contributed by atoms with Crippen LogP contribution in [0.5, 0.6) is 0 Å². The molecule has 0 amide bonds. The molecule has 0 saturated heterocycles. The van der Waals surface area contributed by atoms with Gasteiger partial charge in [0, 0.05) is 6.54 Å². The molecule has 0 aliphatic carbocycles. The molecule has 5 heteroatoms. The van der Waals surface area contributed by atoms with Gasteiger partial charge in [0.1, 0.15) is 17.5 Å². The number of nitrogen functional groups attached to an aromatic ring is 2. The third-order valence-electron chi connectivity index (χ3n) is 2.59. The van der Waals surface area contributed by atoms with Gasteiger partial charge in [0.2, 0.25) is 0 Å². The SMILES string of the molecule is Nc1ccc(NCCc2ccc(F)cc2)nc1N. The maximum atomic E-state index is 12.7. The van der Waals surface area contributed by atoms with Gasteiger partial charge in [-0.2, -0.15) is 0 Å². The number of pyridine rings is 1. The van der Waals surface area contributed by atoms with Crippen LogP contribution in [0.25, 0.3) is 0 Å². The molecule has 5 N–H and O–H groups in total. The van der Waals surface area contributed by atoms with Crippen molar-refractivity contribution in [3.8, 4) is 0 Å². The van der Waals surface area contributed by atoms with E-state index in [0.717, 1.165) is 12.0 Å². The van der Waals surface area contributed by atoms with Gasteiger partial charge in [-0.15, -0.1) is 0 Å². The van der Waals surface area contributed by atoms with Crippen molar-refractivity contribution < 1.29 is 4.39 Å². The second-order valence-electron chi connectivity index (χ2n) is 3.97. The Balaban J connectivity index is 1.88. The van der Waals surface area contributed by atoms with Crippen molar-refractivity contribution in [3.05, 3.63) is 47.8 Å². The van der Waals surface area contributed by atoms with Gasteiger partial charge in [-0.3, -0.25) is 0 Å². The molecule has 1 aromatic carbocycles. The average Bonchev–Trinajstić information content (AvgIpc) is 2.36. The van der Waals surface area contributed by atoms with Crippen molar-refractivity contribution >= 4 is 17.3 Å². The molecule has 0 spiro atoms. The number of nitrogens with two attached hydrogens (primary N) is 2. The molecule has 4 nitrogen and oxygen atoms in total. The molecule has 1 aromatic heterocycles. The standard InChI is InChI=1S/C13H15FN4/c14-10-3-1-9(2-4-10)7-8-17-12-6-5-11(15)13(16)18-12/h1-6H,7-8,15H2,(H3,16,17,18). The third kappa shape index (κ3) is 3.10. The summed E-state index contributed by atoms with van der Waals surface area (Å²) in [7, 11) is 0.